The van der Waals surface area contributed by atoms with Crippen LogP contribution in [0.4, 0.5) is 5.69 Å². The SMILES string of the molecule is CC(Br)C(=O)O.Nc1cc(Cl)cc(Cl)c1. The normalized spacial score (nSPS) is 11.2. The third-order valence-corrected chi connectivity index (χ3v) is 2.05. The van der Waals surface area contributed by atoms with E-state index in [0.29, 0.717) is 15.7 Å². The number of carboxylic acid groups (broad SMARTS) is 1. The maximum absolute atomic E-state index is 9.65. The van der Waals surface area contributed by atoms with Crippen molar-refractivity contribution in [3.8, 4) is 0 Å². The molecule has 0 amide bonds. The molecule has 1 aromatic rings. The van der Waals surface area contributed by atoms with Gasteiger partial charge in [-0.3, -0.25) is 4.79 Å². The zero-order valence-corrected chi connectivity index (χ0v) is 11.0. The lowest BCUT2D eigenvalue weighted by Crippen LogP contribution is -2.06. The van der Waals surface area contributed by atoms with Crippen LogP contribution in [0.25, 0.3) is 0 Å². The van der Waals surface area contributed by atoms with Crippen molar-refractivity contribution >= 4 is 50.8 Å². The van der Waals surface area contributed by atoms with Gasteiger partial charge in [-0.15, -0.1) is 0 Å². The average Bonchev–Trinajstić information content (AvgIpc) is 2.01. The Labute approximate surface area is 106 Å². The van der Waals surface area contributed by atoms with Crippen LogP contribution in [-0.2, 0) is 4.79 Å². The van der Waals surface area contributed by atoms with E-state index >= 15 is 0 Å². The van der Waals surface area contributed by atoms with Gasteiger partial charge in [0.05, 0.1) is 0 Å². The summed E-state index contributed by atoms with van der Waals surface area (Å²) in [5.41, 5.74) is 5.98. The number of hydrogen-bond donors (Lipinski definition) is 2. The van der Waals surface area contributed by atoms with Crippen molar-refractivity contribution < 1.29 is 9.90 Å². The van der Waals surface area contributed by atoms with Gasteiger partial charge < -0.3 is 10.8 Å². The second-order valence-electron chi connectivity index (χ2n) is 2.66. The molecule has 0 saturated carbocycles. The summed E-state index contributed by atoms with van der Waals surface area (Å²) in [5.74, 6) is -0.824. The van der Waals surface area contributed by atoms with Gasteiger partial charge in [-0.05, 0) is 25.1 Å². The zero-order valence-electron chi connectivity index (χ0n) is 7.88. The molecule has 0 aliphatic rings. The van der Waals surface area contributed by atoms with Gasteiger partial charge in [0.2, 0.25) is 0 Å². The van der Waals surface area contributed by atoms with Gasteiger partial charge in [0.1, 0.15) is 4.83 Å². The molecule has 0 heterocycles. The second-order valence-corrected chi connectivity index (χ2v) is 4.90. The van der Waals surface area contributed by atoms with E-state index in [9.17, 15) is 4.79 Å². The van der Waals surface area contributed by atoms with Crippen LogP contribution in [0, 0.1) is 0 Å². The van der Waals surface area contributed by atoms with Crippen LogP contribution in [0.5, 0.6) is 0 Å². The van der Waals surface area contributed by atoms with Crippen molar-refractivity contribution in [3.63, 3.8) is 0 Å². The molecule has 0 bridgehead atoms. The third-order valence-electron chi connectivity index (χ3n) is 1.23. The van der Waals surface area contributed by atoms with Crippen LogP contribution in [0.3, 0.4) is 0 Å². The number of benzene rings is 1. The van der Waals surface area contributed by atoms with Crippen LogP contribution in [-0.4, -0.2) is 15.9 Å². The molecule has 84 valence electrons. The summed E-state index contributed by atoms with van der Waals surface area (Å²) >= 11 is 14.0. The highest BCUT2D eigenvalue weighted by Crippen LogP contribution is 2.19. The summed E-state index contributed by atoms with van der Waals surface area (Å²) in [5, 5.41) is 9.08. The largest absolute Gasteiger partial charge is 0.480 e. The van der Waals surface area contributed by atoms with Crippen LogP contribution in [0.15, 0.2) is 18.2 Å². The predicted octanol–water partition coefficient (Wildman–Crippen LogP) is 3.43. The van der Waals surface area contributed by atoms with Gasteiger partial charge in [0.25, 0.3) is 0 Å². The lowest BCUT2D eigenvalue weighted by atomic mass is 10.3. The summed E-state index contributed by atoms with van der Waals surface area (Å²) in [4.78, 5) is 9.23. The number of nitrogen functional groups attached to an aromatic ring is 1. The number of halogens is 3. The predicted molar refractivity (Wildman–Crippen MR) is 66.9 cm³/mol. The Hall–Kier alpha value is -0.450. The molecule has 1 unspecified atom stereocenters. The minimum Gasteiger partial charge on any atom is -0.480 e. The van der Waals surface area contributed by atoms with Gasteiger partial charge >= 0.3 is 5.97 Å². The lowest BCUT2D eigenvalue weighted by Gasteiger charge is -1.93. The minimum absolute atomic E-state index is 0.419. The summed E-state index contributed by atoms with van der Waals surface area (Å²) in [7, 11) is 0. The molecule has 1 aromatic carbocycles. The first-order chi connectivity index (χ1) is 6.82. The highest BCUT2D eigenvalue weighted by atomic mass is 79.9. The van der Waals surface area contributed by atoms with E-state index in [1.807, 2.05) is 0 Å². The van der Waals surface area contributed by atoms with Crippen molar-refractivity contribution in [2.45, 2.75) is 11.8 Å². The first-order valence-electron chi connectivity index (χ1n) is 3.91. The Morgan fingerprint density at radius 3 is 1.93 bits per heavy atom. The van der Waals surface area contributed by atoms with Gasteiger partial charge in [-0.2, -0.15) is 0 Å². The van der Waals surface area contributed by atoms with Crippen molar-refractivity contribution in [3.05, 3.63) is 28.2 Å². The first kappa shape index (κ1) is 14.6. The molecular weight excluding hydrogens is 305 g/mol. The van der Waals surface area contributed by atoms with Gasteiger partial charge in [0.15, 0.2) is 0 Å². The molecule has 15 heavy (non-hydrogen) atoms. The Kier molecular flexibility index (Phi) is 6.72. The zero-order chi connectivity index (χ0) is 12.0. The molecule has 1 atom stereocenters. The van der Waals surface area contributed by atoms with E-state index in [0.717, 1.165) is 0 Å². The molecule has 6 heteroatoms. The Balaban J connectivity index is 0.000000288. The number of rotatable bonds is 1. The van der Waals surface area contributed by atoms with Gasteiger partial charge in [0, 0.05) is 15.7 Å². The molecule has 0 fully saturated rings. The fourth-order valence-electron chi connectivity index (χ4n) is 0.575. The van der Waals surface area contributed by atoms with Crippen LogP contribution in [0.2, 0.25) is 10.0 Å². The van der Waals surface area contributed by atoms with Crippen molar-refractivity contribution in [1.82, 2.24) is 0 Å². The molecule has 3 N–H and O–H groups in total. The average molecular weight is 315 g/mol. The maximum atomic E-state index is 9.65. The fraction of sp³-hybridized carbons (Fsp3) is 0.222. The number of alkyl halides is 1. The van der Waals surface area contributed by atoms with Crippen LogP contribution in [0.1, 0.15) is 6.92 Å². The van der Waals surface area contributed by atoms with Gasteiger partial charge in [-0.25, -0.2) is 0 Å². The molecular formula is C9H10BrCl2NO2. The van der Waals surface area contributed by atoms with E-state index < -0.39 is 10.8 Å². The quantitative estimate of drug-likeness (QED) is 0.616. The molecule has 0 saturated heterocycles. The number of carboxylic acids is 1. The molecule has 0 aliphatic heterocycles. The van der Waals surface area contributed by atoms with E-state index in [1.54, 1.807) is 25.1 Å². The molecule has 0 radical (unpaired) electrons. The standard InChI is InChI=1S/C6H5Cl2N.C3H5BrO2/c7-4-1-5(8)3-6(9)2-4;1-2(4)3(5)6/h1-3H,9H2;2H,1H3,(H,5,6). The highest BCUT2D eigenvalue weighted by molar-refractivity contribution is 9.10. The minimum atomic E-state index is -0.824. The van der Waals surface area contributed by atoms with Crippen molar-refractivity contribution in [2.24, 2.45) is 0 Å². The third kappa shape index (κ3) is 7.48. The topological polar surface area (TPSA) is 63.3 Å². The van der Waals surface area contributed by atoms with E-state index in [-0.39, 0.29) is 0 Å². The summed E-state index contributed by atoms with van der Waals surface area (Å²) in [6.07, 6.45) is 0. The number of carbonyl (C=O) groups is 1. The lowest BCUT2D eigenvalue weighted by molar-refractivity contribution is -0.135. The smallest absolute Gasteiger partial charge is 0.316 e. The fourth-order valence-corrected chi connectivity index (χ4v) is 1.12. The highest BCUT2D eigenvalue weighted by Gasteiger charge is 2.01. The summed E-state index contributed by atoms with van der Waals surface area (Å²) in [6, 6.07) is 4.93. The molecule has 0 spiro atoms. The number of aliphatic carboxylic acids is 1. The molecule has 3 nitrogen and oxygen atoms in total. The Morgan fingerprint density at radius 2 is 1.73 bits per heavy atom. The summed E-state index contributed by atoms with van der Waals surface area (Å²) in [6.45, 7) is 1.56. The molecule has 0 aromatic heterocycles. The molecule has 1 rings (SSSR count). The van der Waals surface area contributed by atoms with Crippen molar-refractivity contribution in [1.29, 1.82) is 0 Å². The maximum Gasteiger partial charge on any atom is 0.316 e. The Bertz CT molecular complexity index is 294. The van der Waals surface area contributed by atoms with Crippen molar-refractivity contribution in [2.75, 3.05) is 5.73 Å². The molecule has 0 aliphatic carbocycles. The Morgan fingerprint density at radius 1 is 1.40 bits per heavy atom. The monoisotopic (exact) mass is 313 g/mol. The van der Waals surface area contributed by atoms with E-state index in [2.05, 4.69) is 15.9 Å². The number of hydrogen-bond acceptors (Lipinski definition) is 2. The number of anilines is 1. The summed E-state index contributed by atoms with van der Waals surface area (Å²) < 4.78 is 0. The van der Waals surface area contributed by atoms with Crippen LogP contribution < -0.4 is 5.73 Å². The van der Waals surface area contributed by atoms with E-state index in [4.69, 9.17) is 34.0 Å². The van der Waals surface area contributed by atoms with Crippen LogP contribution >= 0.6 is 39.1 Å². The second kappa shape index (κ2) is 6.93. The first-order valence-corrected chi connectivity index (χ1v) is 5.58. The van der Waals surface area contributed by atoms with E-state index in [1.165, 1.54) is 0 Å². The number of nitrogens with two attached hydrogens (primary N) is 1. The van der Waals surface area contributed by atoms with Gasteiger partial charge in [-0.1, -0.05) is 39.1 Å².